The van der Waals surface area contributed by atoms with Crippen LogP contribution in [-0.4, -0.2) is 80.8 Å². The van der Waals surface area contributed by atoms with Crippen molar-refractivity contribution in [1.82, 2.24) is 9.80 Å². The van der Waals surface area contributed by atoms with E-state index >= 15 is 0 Å². The van der Waals surface area contributed by atoms with Crippen molar-refractivity contribution in [2.75, 3.05) is 35.0 Å². The van der Waals surface area contributed by atoms with Gasteiger partial charge in [0, 0.05) is 36.6 Å². The van der Waals surface area contributed by atoms with Crippen LogP contribution in [0.5, 0.6) is 17.2 Å². The number of hydrogen-bond donors (Lipinski definition) is 0. The highest BCUT2D eigenvalue weighted by Gasteiger charge is 2.55. The molecule has 2 amide bonds. The fraction of sp³-hybridized carbons (Fsp3) is 0.459. The Hall–Kier alpha value is -4.28. The first kappa shape index (κ1) is 34.1. The van der Waals surface area contributed by atoms with Crippen LogP contribution in [0.3, 0.4) is 0 Å². The summed E-state index contributed by atoms with van der Waals surface area (Å²) in [6.45, 7) is 7.82. The fourth-order valence-corrected chi connectivity index (χ4v) is 6.91. The van der Waals surface area contributed by atoms with E-state index < -0.39 is 36.0 Å². The van der Waals surface area contributed by atoms with Crippen LogP contribution in [-0.2, 0) is 38.5 Å². The molecule has 1 saturated heterocycles. The number of fused-ring (bicyclic) bond motifs is 2. The van der Waals surface area contributed by atoms with Gasteiger partial charge in [-0.15, -0.1) is 0 Å². The molecule has 0 spiro atoms. The van der Waals surface area contributed by atoms with E-state index in [-0.39, 0.29) is 18.9 Å². The number of amides is 2. The van der Waals surface area contributed by atoms with Gasteiger partial charge in [-0.2, -0.15) is 0 Å². The molecule has 5 rings (SSSR count). The van der Waals surface area contributed by atoms with Crippen LogP contribution < -0.4 is 14.2 Å². The zero-order valence-electron chi connectivity index (χ0n) is 28.6. The highest BCUT2D eigenvalue weighted by atomic mass is 16.6. The fourth-order valence-electron chi connectivity index (χ4n) is 6.91. The van der Waals surface area contributed by atoms with Gasteiger partial charge in [0.1, 0.15) is 17.4 Å². The zero-order valence-corrected chi connectivity index (χ0v) is 28.6. The van der Waals surface area contributed by atoms with E-state index in [0.717, 1.165) is 27.8 Å². The van der Waals surface area contributed by atoms with Crippen molar-refractivity contribution in [3.63, 3.8) is 0 Å². The van der Waals surface area contributed by atoms with Crippen molar-refractivity contribution in [2.45, 2.75) is 77.1 Å². The number of methoxy groups -OCH3 is 4. The largest absolute Gasteiger partial charge is 0.496 e. The number of carbonyl (C=O) groups excluding carboxylic acids is 2. The standard InChI is InChI=1S/C37H46N2O8/c1-23-31(42-5)26-20-28-35(45-8)39(36(41)47-37(2,3)4)27(19-24-15-11-9-12-16-24)34(40)38(28)29(30(26)33(44-7)32(23)43-6)22-46-21-25-17-13-10-14-18-25/h9-18,27-29,35H,19-22H2,1-8H3/t27-,28-,29-,35+/m0/s1. The SMILES string of the molecule is COc1c(C)c(OC)c(OC)c2c1C[C@H]1[C@@H](OC)N(C(=O)OC(C)(C)C)[C@@H](Cc3ccccc3)C(=O)N1[C@H]2COCc1ccccc1. The van der Waals surface area contributed by atoms with Crippen molar-refractivity contribution < 1.29 is 38.0 Å². The van der Waals surface area contributed by atoms with Gasteiger partial charge in [-0.25, -0.2) is 4.79 Å². The maximum absolute atomic E-state index is 15.0. The van der Waals surface area contributed by atoms with Crippen LogP contribution in [0, 0.1) is 6.92 Å². The number of hydrogen-bond acceptors (Lipinski definition) is 8. The minimum absolute atomic E-state index is 0.150. The minimum atomic E-state index is -0.910. The molecule has 3 aromatic carbocycles. The smallest absolute Gasteiger partial charge is 0.413 e. The second-order valence-electron chi connectivity index (χ2n) is 12.9. The van der Waals surface area contributed by atoms with Crippen LogP contribution >= 0.6 is 0 Å². The predicted octanol–water partition coefficient (Wildman–Crippen LogP) is 5.87. The molecule has 10 nitrogen and oxygen atoms in total. The third-order valence-corrected chi connectivity index (χ3v) is 8.77. The molecule has 2 aliphatic rings. The quantitative estimate of drug-likeness (QED) is 0.270. The van der Waals surface area contributed by atoms with Crippen molar-refractivity contribution in [3.05, 3.63) is 88.5 Å². The Morgan fingerprint density at radius 1 is 0.830 bits per heavy atom. The molecule has 0 saturated carbocycles. The van der Waals surface area contributed by atoms with Gasteiger partial charge in [-0.05, 0) is 38.8 Å². The molecule has 2 heterocycles. The van der Waals surface area contributed by atoms with E-state index in [0.29, 0.717) is 30.3 Å². The third kappa shape index (κ3) is 6.75. The summed E-state index contributed by atoms with van der Waals surface area (Å²) in [7, 11) is 6.36. The number of ether oxygens (including phenoxy) is 6. The first-order chi connectivity index (χ1) is 22.5. The Labute approximate surface area is 277 Å². The Kier molecular flexibility index (Phi) is 10.3. The van der Waals surface area contributed by atoms with Crippen molar-refractivity contribution in [3.8, 4) is 17.2 Å². The predicted molar refractivity (Wildman–Crippen MR) is 177 cm³/mol. The lowest BCUT2D eigenvalue weighted by molar-refractivity contribution is -0.181. The Morgan fingerprint density at radius 2 is 1.43 bits per heavy atom. The first-order valence-electron chi connectivity index (χ1n) is 15.9. The average molecular weight is 647 g/mol. The van der Waals surface area contributed by atoms with Gasteiger partial charge in [0.15, 0.2) is 17.7 Å². The van der Waals surface area contributed by atoms with Crippen molar-refractivity contribution in [2.24, 2.45) is 0 Å². The number of piperazine rings is 1. The van der Waals surface area contributed by atoms with Crippen LogP contribution in [0.15, 0.2) is 60.7 Å². The van der Waals surface area contributed by atoms with Crippen LogP contribution in [0.4, 0.5) is 4.79 Å². The molecule has 47 heavy (non-hydrogen) atoms. The molecule has 4 atom stereocenters. The number of rotatable bonds is 10. The van der Waals surface area contributed by atoms with Gasteiger partial charge >= 0.3 is 6.09 Å². The van der Waals surface area contributed by atoms with E-state index in [2.05, 4.69) is 0 Å². The average Bonchev–Trinajstić information content (AvgIpc) is 3.05. The molecule has 0 N–H and O–H groups in total. The second kappa shape index (κ2) is 14.2. The molecular formula is C37H46N2O8. The van der Waals surface area contributed by atoms with Gasteiger partial charge in [-0.3, -0.25) is 9.69 Å². The van der Waals surface area contributed by atoms with Crippen LogP contribution in [0.1, 0.15) is 54.6 Å². The molecule has 2 aliphatic heterocycles. The first-order valence-corrected chi connectivity index (χ1v) is 15.9. The zero-order chi connectivity index (χ0) is 33.9. The lowest BCUT2D eigenvalue weighted by Crippen LogP contribution is -2.71. The van der Waals surface area contributed by atoms with Gasteiger partial charge in [0.2, 0.25) is 5.91 Å². The monoisotopic (exact) mass is 646 g/mol. The lowest BCUT2D eigenvalue weighted by atomic mass is 9.81. The van der Waals surface area contributed by atoms with E-state index in [4.69, 9.17) is 28.4 Å². The Morgan fingerprint density at radius 3 is 1.98 bits per heavy atom. The third-order valence-electron chi connectivity index (χ3n) is 8.77. The molecule has 10 heteroatoms. The number of carbonyl (C=O) groups is 2. The molecule has 0 aliphatic carbocycles. The summed E-state index contributed by atoms with van der Waals surface area (Å²) in [6, 6.07) is 17.4. The summed E-state index contributed by atoms with van der Waals surface area (Å²) < 4.78 is 36.3. The maximum Gasteiger partial charge on any atom is 0.413 e. The Bertz CT molecular complexity index is 1560. The molecule has 3 aromatic rings. The summed E-state index contributed by atoms with van der Waals surface area (Å²) in [4.78, 5) is 32.3. The van der Waals surface area contributed by atoms with Gasteiger partial charge in [-0.1, -0.05) is 60.7 Å². The summed E-state index contributed by atoms with van der Waals surface area (Å²) in [5.41, 5.74) is 3.48. The van der Waals surface area contributed by atoms with Gasteiger partial charge in [0.25, 0.3) is 0 Å². The van der Waals surface area contributed by atoms with E-state index in [1.807, 2.05) is 72.5 Å². The molecule has 0 aromatic heterocycles. The van der Waals surface area contributed by atoms with Gasteiger partial charge < -0.3 is 33.3 Å². The second-order valence-corrected chi connectivity index (χ2v) is 12.9. The number of benzene rings is 3. The Balaban J connectivity index is 1.68. The highest BCUT2D eigenvalue weighted by Crippen LogP contribution is 2.52. The molecule has 252 valence electrons. The van der Waals surface area contributed by atoms with E-state index in [1.165, 1.54) is 4.90 Å². The van der Waals surface area contributed by atoms with Crippen molar-refractivity contribution in [1.29, 1.82) is 0 Å². The van der Waals surface area contributed by atoms with Crippen molar-refractivity contribution >= 4 is 12.0 Å². The summed E-state index contributed by atoms with van der Waals surface area (Å²) in [6.07, 6.45) is -0.851. The molecule has 0 unspecified atom stereocenters. The van der Waals surface area contributed by atoms with Crippen LogP contribution in [0.2, 0.25) is 0 Å². The summed E-state index contributed by atoms with van der Waals surface area (Å²) >= 11 is 0. The van der Waals surface area contributed by atoms with Crippen LogP contribution in [0.25, 0.3) is 0 Å². The lowest BCUT2D eigenvalue weighted by Gasteiger charge is -2.54. The molecule has 0 radical (unpaired) electrons. The van der Waals surface area contributed by atoms with E-state index in [9.17, 15) is 9.59 Å². The number of nitrogens with zero attached hydrogens (tertiary/aromatic N) is 2. The maximum atomic E-state index is 15.0. The molecular weight excluding hydrogens is 600 g/mol. The normalized spacial score (nSPS) is 20.7. The minimum Gasteiger partial charge on any atom is -0.496 e. The topological polar surface area (TPSA) is 96.0 Å². The van der Waals surface area contributed by atoms with E-state index in [1.54, 1.807) is 49.2 Å². The highest BCUT2D eigenvalue weighted by molar-refractivity contribution is 5.89. The molecule has 1 fully saturated rings. The summed E-state index contributed by atoms with van der Waals surface area (Å²) in [5.74, 6) is 1.43. The van der Waals surface area contributed by atoms with Gasteiger partial charge in [0.05, 0.1) is 46.6 Å². The molecule has 0 bridgehead atoms. The summed E-state index contributed by atoms with van der Waals surface area (Å²) in [5, 5.41) is 0.